The third-order valence-electron chi connectivity index (χ3n) is 1.66. The molecular weight excluding hydrogens is 190 g/mol. The Balaban J connectivity index is 0.000000442. The quantitative estimate of drug-likeness (QED) is 0.771. The minimum Gasteiger partial charge on any atom is -0.454 e. The van der Waals surface area contributed by atoms with Gasteiger partial charge >= 0.3 is 0 Å². The topological polar surface area (TPSA) is 30.5 Å². The summed E-state index contributed by atoms with van der Waals surface area (Å²) >= 11 is 0. The maximum absolute atomic E-state index is 5.18. The number of hydrogen-bond acceptors (Lipinski definition) is 3. The largest absolute Gasteiger partial charge is 0.454 e. The van der Waals surface area contributed by atoms with Crippen LogP contribution in [0.15, 0.2) is 18.2 Å². The van der Waals surface area contributed by atoms with Crippen LogP contribution in [-0.4, -0.2) is 13.8 Å². The SMILES string of the molecule is CC.CC.CNc1ccc2c(c1)OCO2. The van der Waals surface area contributed by atoms with Crippen molar-refractivity contribution >= 4 is 5.69 Å². The average Bonchev–Trinajstić information content (AvgIpc) is 2.81. The molecule has 0 atom stereocenters. The van der Waals surface area contributed by atoms with Gasteiger partial charge < -0.3 is 14.8 Å². The fourth-order valence-corrected chi connectivity index (χ4v) is 1.05. The van der Waals surface area contributed by atoms with Gasteiger partial charge in [0.2, 0.25) is 6.79 Å². The first-order valence-electron chi connectivity index (χ1n) is 5.47. The van der Waals surface area contributed by atoms with Crippen LogP contribution in [0.2, 0.25) is 0 Å². The van der Waals surface area contributed by atoms with E-state index in [2.05, 4.69) is 5.32 Å². The molecule has 0 spiro atoms. The highest BCUT2D eigenvalue weighted by molar-refractivity contribution is 5.55. The Morgan fingerprint density at radius 1 is 1.00 bits per heavy atom. The van der Waals surface area contributed by atoms with Crippen molar-refractivity contribution in [1.82, 2.24) is 0 Å². The summed E-state index contributed by atoms with van der Waals surface area (Å²) in [7, 11) is 1.87. The van der Waals surface area contributed by atoms with Crippen molar-refractivity contribution < 1.29 is 9.47 Å². The van der Waals surface area contributed by atoms with Gasteiger partial charge in [0.05, 0.1) is 0 Å². The van der Waals surface area contributed by atoms with Gasteiger partial charge in [-0.15, -0.1) is 0 Å². The number of nitrogens with one attached hydrogen (secondary N) is 1. The fraction of sp³-hybridized carbons (Fsp3) is 0.500. The van der Waals surface area contributed by atoms with Gasteiger partial charge in [-0.3, -0.25) is 0 Å². The maximum atomic E-state index is 5.18. The van der Waals surface area contributed by atoms with Gasteiger partial charge in [-0.05, 0) is 12.1 Å². The van der Waals surface area contributed by atoms with Gasteiger partial charge in [0.1, 0.15) is 0 Å². The lowest BCUT2D eigenvalue weighted by Gasteiger charge is -2.00. The summed E-state index contributed by atoms with van der Waals surface area (Å²) < 4.78 is 10.3. The number of ether oxygens (including phenoxy) is 2. The molecule has 0 aromatic heterocycles. The molecule has 0 bridgehead atoms. The Bertz CT molecular complexity index is 274. The summed E-state index contributed by atoms with van der Waals surface area (Å²) in [6, 6.07) is 5.77. The number of hydrogen-bond donors (Lipinski definition) is 1. The minimum absolute atomic E-state index is 0.336. The van der Waals surface area contributed by atoms with Crippen LogP contribution in [0, 0.1) is 0 Å². The van der Waals surface area contributed by atoms with Gasteiger partial charge in [0, 0.05) is 18.8 Å². The molecule has 1 heterocycles. The molecule has 3 heteroatoms. The van der Waals surface area contributed by atoms with E-state index in [0.29, 0.717) is 6.79 Å². The van der Waals surface area contributed by atoms with Crippen LogP contribution in [0.4, 0.5) is 5.69 Å². The van der Waals surface area contributed by atoms with E-state index in [0.717, 1.165) is 17.2 Å². The predicted molar refractivity (Wildman–Crippen MR) is 64.8 cm³/mol. The second kappa shape index (κ2) is 7.97. The van der Waals surface area contributed by atoms with E-state index >= 15 is 0 Å². The molecule has 15 heavy (non-hydrogen) atoms. The monoisotopic (exact) mass is 211 g/mol. The smallest absolute Gasteiger partial charge is 0.231 e. The molecular formula is C12H21NO2. The van der Waals surface area contributed by atoms with Crippen molar-refractivity contribution in [3.63, 3.8) is 0 Å². The predicted octanol–water partition coefficient (Wildman–Crippen LogP) is 3.51. The molecule has 1 aliphatic heterocycles. The van der Waals surface area contributed by atoms with E-state index < -0.39 is 0 Å². The lowest BCUT2D eigenvalue weighted by molar-refractivity contribution is 0.174. The van der Waals surface area contributed by atoms with Crippen LogP contribution >= 0.6 is 0 Å². The van der Waals surface area contributed by atoms with Crippen LogP contribution in [-0.2, 0) is 0 Å². The third kappa shape index (κ3) is 3.70. The van der Waals surface area contributed by atoms with Crippen molar-refractivity contribution in [2.24, 2.45) is 0 Å². The highest BCUT2D eigenvalue weighted by Crippen LogP contribution is 2.33. The second-order valence-electron chi connectivity index (χ2n) is 2.32. The van der Waals surface area contributed by atoms with Crippen LogP contribution in [0.3, 0.4) is 0 Å². The van der Waals surface area contributed by atoms with Gasteiger partial charge in [-0.2, -0.15) is 0 Å². The van der Waals surface area contributed by atoms with E-state index in [9.17, 15) is 0 Å². The summed E-state index contributed by atoms with van der Waals surface area (Å²) in [6.07, 6.45) is 0. The Labute approximate surface area is 92.4 Å². The number of anilines is 1. The van der Waals surface area contributed by atoms with Gasteiger partial charge in [-0.25, -0.2) is 0 Å². The summed E-state index contributed by atoms with van der Waals surface area (Å²) in [5.74, 6) is 1.64. The molecule has 0 fully saturated rings. The molecule has 1 aromatic carbocycles. The van der Waals surface area contributed by atoms with Crippen LogP contribution < -0.4 is 14.8 Å². The van der Waals surface area contributed by atoms with E-state index in [1.165, 1.54) is 0 Å². The first-order valence-corrected chi connectivity index (χ1v) is 5.47. The molecule has 86 valence electrons. The molecule has 3 nitrogen and oxygen atoms in total. The van der Waals surface area contributed by atoms with Crippen LogP contribution in [0.25, 0.3) is 0 Å². The first kappa shape index (κ1) is 13.6. The fourth-order valence-electron chi connectivity index (χ4n) is 1.05. The van der Waals surface area contributed by atoms with Gasteiger partial charge in [0.15, 0.2) is 11.5 Å². The van der Waals surface area contributed by atoms with Crippen molar-refractivity contribution in [2.45, 2.75) is 27.7 Å². The molecule has 1 aliphatic rings. The van der Waals surface area contributed by atoms with Crippen molar-refractivity contribution in [3.8, 4) is 11.5 Å². The Kier molecular flexibility index (Phi) is 7.24. The Morgan fingerprint density at radius 2 is 1.60 bits per heavy atom. The molecule has 1 aromatic rings. The van der Waals surface area contributed by atoms with Crippen molar-refractivity contribution in [3.05, 3.63) is 18.2 Å². The summed E-state index contributed by atoms with van der Waals surface area (Å²) in [6.45, 7) is 8.34. The molecule has 0 saturated heterocycles. The van der Waals surface area contributed by atoms with Gasteiger partial charge in [-0.1, -0.05) is 27.7 Å². The third-order valence-corrected chi connectivity index (χ3v) is 1.66. The van der Waals surface area contributed by atoms with Crippen molar-refractivity contribution in [2.75, 3.05) is 19.2 Å². The minimum atomic E-state index is 0.336. The average molecular weight is 211 g/mol. The second-order valence-corrected chi connectivity index (χ2v) is 2.32. The number of rotatable bonds is 1. The molecule has 1 N–H and O–H groups in total. The number of fused-ring (bicyclic) bond motifs is 1. The van der Waals surface area contributed by atoms with E-state index in [1.807, 2.05) is 52.9 Å². The zero-order chi connectivity index (χ0) is 11.7. The lowest BCUT2D eigenvalue weighted by atomic mass is 10.3. The molecule has 0 aliphatic carbocycles. The van der Waals surface area contributed by atoms with E-state index in [4.69, 9.17) is 9.47 Å². The maximum Gasteiger partial charge on any atom is 0.231 e. The molecule has 2 rings (SSSR count). The van der Waals surface area contributed by atoms with Crippen LogP contribution in [0.5, 0.6) is 11.5 Å². The van der Waals surface area contributed by atoms with E-state index in [-0.39, 0.29) is 0 Å². The van der Waals surface area contributed by atoms with Crippen LogP contribution in [0.1, 0.15) is 27.7 Å². The highest BCUT2D eigenvalue weighted by atomic mass is 16.7. The Morgan fingerprint density at radius 3 is 2.20 bits per heavy atom. The van der Waals surface area contributed by atoms with Crippen molar-refractivity contribution in [1.29, 1.82) is 0 Å². The zero-order valence-electron chi connectivity index (χ0n) is 10.3. The molecule has 0 saturated carbocycles. The normalized spacial score (nSPS) is 10.5. The highest BCUT2D eigenvalue weighted by Gasteiger charge is 2.12. The van der Waals surface area contributed by atoms with Gasteiger partial charge in [0.25, 0.3) is 0 Å². The Hall–Kier alpha value is -1.38. The lowest BCUT2D eigenvalue weighted by Crippen LogP contribution is -1.93. The molecule has 0 unspecified atom stereocenters. The zero-order valence-corrected chi connectivity index (χ0v) is 10.3. The first-order chi connectivity index (χ1) is 7.40. The molecule has 0 radical (unpaired) electrons. The summed E-state index contributed by atoms with van der Waals surface area (Å²) in [5.41, 5.74) is 1.04. The number of benzene rings is 1. The summed E-state index contributed by atoms with van der Waals surface area (Å²) in [4.78, 5) is 0. The standard InChI is InChI=1S/C8H9NO2.2C2H6/c1-9-6-2-3-7-8(4-6)11-5-10-7;2*1-2/h2-4,9H,5H2,1H3;2*1-2H3. The molecule has 0 amide bonds. The summed E-state index contributed by atoms with van der Waals surface area (Å²) in [5, 5.41) is 3.02. The van der Waals surface area contributed by atoms with E-state index in [1.54, 1.807) is 0 Å².